The Bertz CT molecular complexity index is 472. The van der Waals surface area contributed by atoms with Crippen molar-refractivity contribution in [3.8, 4) is 5.75 Å². The Morgan fingerprint density at radius 2 is 1.60 bits per heavy atom. The lowest BCUT2D eigenvalue weighted by molar-refractivity contribution is 0.474. The van der Waals surface area contributed by atoms with Gasteiger partial charge in [0.25, 0.3) is 0 Å². The fourth-order valence-electron chi connectivity index (χ4n) is 2.04. The molecular formula is C17H20FNO. The van der Waals surface area contributed by atoms with Gasteiger partial charge < -0.3 is 10.4 Å². The van der Waals surface area contributed by atoms with Gasteiger partial charge in [0.2, 0.25) is 0 Å². The van der Waals surface area contributed by atoms with E-state index in [0.717, 1.165) is 24.9 Å². The van der Waals surface area contributed by atoms with Crippen LogP contribution in [0.1, 0.15) is 24.5 Å². The minimum Gasteiger partial charge on any atom is -0.508 e. The molecule has 0 saturated carbocycles. The second-order valence-corrected chi connectivity index (χ2v) is 5.11. The summed E-state index contributed by atoms with van der Waals surface area (Å²) in [5, 5.41) is 12.7. The lowest BCUT2D eigenvalue weighted by Gasteiger charge is -2.14. The fourth-order valence-corrected chi connectivity index (χ4v) is 2.04. The lowest BCUT2D eigenvalue weighted by Crippen LogP contribution is -2.25. The number of aromatic hydroxyl groups is 1. The molecule has 106 valence electrons. The molecule has 2 aromatic rings. The minimum atomic E-state index is -0.200. The maximum atomic E-state index is 12.8. The van der Waals surface area contributed by atoms with E-state index in [4.69, 9.17) is 0 Å². The maximum Gasteiger partial charge on any atom is 0.123 e. The van der Waals surface area contributed by atoms with Crippen LogP contribution in [0.2, 0.25) is 0 Å². The summed E-state index contributed by atoms with van der Waals surface area (Å²) in [4.78, 5) is 0. The van der Waals surface area contributed by atoms with Crippen LogP contribution >= 0.6 is 0 Å². The highest BCUT2D eigenvalue weighted by Gasteiger charge is 2.03. The summed E-state index contributed by atoms with van der Waals surface area (Å²) in [6.07, 6.45) is 1.99. The third-order valence-electron chi connectivity index (χ3n) is 3.37. The predicted molar refractivity (Wildman–Crippen MR) is 79.1 cm³/mol. The van der Waals surface area contributed by atoms with Crippen molar-refractivity contribution in [3.63, 3.8) is 0 Å². The Morgan fingerprint density at radius 3 is 2.25 bits per heavy atom. The van der Waals surface area contributed by atoms with E-state index in [1.807, 2.05) is 12.1 Å². The summed E-state index contributed by atoms with van der Waals surface area (Å²) in [6, 6.07) is 14.3. The molecule has 0 fully saturated rings. The molecule has 0 heterocycles. The first-order chi connectivity index (χ1) is 9.63. The number of hydrogen-bond acceptors (Lipinski definition) is 2. The molecular weight excluding hydrogens is 253 g/mol. The molecule has 3 heteroatoms. The number of rotatable bonds is 6. The van der Waals surface area contributed by atoms with Crippen molar-refractivity contribution in [2.24, 2.45) is 0 Å². The third-order valence-corrected chi connectivity index (χ3v) is 3.37. The molecule has 0 saturated heterocycles. The van der Waals surface area contributed by atoms with E-state index >= 15 is 0 Å². The van der Waals surface area contributed by atoms with Crippen LogP contribution < -0.4 is 5.32 Å². The molecule has 20 heavy (non-hydrogen) atoms. The Labute approximate surface area is 119 Å². The van der Waals surface area contributed by atoms with Crippen molar-refractivity contribution < 1.29 is 9.50 Å². The molecule has 0 aliphatic rings. The Morgan fingerprint density at radius 1 is 1.00 bits per heavy atom. The van der Waals surface area contributed by atoms with E-state index in [-0.39, 0.29) is 5.82 Å². The second-order valence-electron chi connectivity index (χ2n) is 5.11. The van der Waals surface area contributed by atoms with Gasteiger partial charge in [-0.25, -0.2) is 4.39 Å². The topological polar surface area (TPSA) is 32.3 Å². The highest BCUT2D eigenvalue weighted by Crippen LogP contribution is 2.12. The van der Waals surface area contributed by atoms with Gasteiger partial charge in [-0.15, -0.1) is 0 Å². The van der Waals surface area contributed by atoms with Gasteiger partial charge in [-0.05, 0) is 55.2 Å². The smallest absolute Gasteiger partial charge is 0.123 e. The molecule has 0 unspecified atom stereocenters. The van der Waals surface area contributed by atoms with Crippen LogP contribution in [-0.2, 0) is 13.0 Å². The quantitative estimate of drug-likeness (QED) is 0.842. The van der Waals surface area contributed by atoms with Crippen molar-refractivity contribution in [3.05, 3.63) is 65.5 Å². The Balaban J connectivity index is 1.73. The van der Waals surface area contributed by atoms with Gasteiger partial charge in [-0.2, -0.15) is 0 Å². The molecule has 0 radical (unpaired) electrons. The zero-order valence-corrected chi connectivity index (χ0v) is 11.6. The van der Waals surface area contributed by atoms with E-state index in [9.17, 15) is 9.50 Å². The summed E-state index contributed by atoms with van der Waals surface area (Å²) in [5.41, 5.74) is 2.31. The monoisotopic (exact) mass is 273 g/mol. The van der Waals surface area contributed by atoms with E-state index in [1.54, 1.807) is 24.3 Å². The average Bonchev–Trinajstić information content (AvgIpc) is 2.46. The van der Waals surface area contributed by atoms with Crippen molar-refractivity contribution in [2.45, 2.75) is 32.4 Å². The molecule has 0 aliphatic heterocycles. The third kappa shape index (κ3) is 4.67. The molecule has 0 bridgehead atoms. The summed E-state index contributed by atoms with van der Waals surface area (Å²) >= 11 is 0. The number of halogens is 1. The standard InChI is InChI=1S/C17H20FNO/c1-13(2-3-14-6-10-17(20)11-7-14)19-12-15-4-8-16(18)9-5-15/h4-11,13,19-20H,2-3,12H2,1H3/t13-/m1/s1. The molecule has 2 N–H and O–H groups in total. The van der Waals surface area contributed by atoms with Crippen LogP contribution in [0.15, 0.2) is 48.5 Å². The van der Waals surface area contributed by atoms with Crippen LogP contribution in [0, 0.1) is 5.82 Å². The van der Waals surface area contributed by atoms with Gasteiger partial charge in [0.05, 0.1) is 0 Å². The molecule has 0 spiro atoms. The van der Waals surface area contributed by atoms with Crippen molar-refractivity contribution in [1.82, 2.24) is 5.32 Å². The van der Waals surface area contributed by atoms with E-state index in [2.05, 4.69) is 12.2 Å². The van der Waals surface area contributed by atoms with E-state index in [0.29, 0.717) is 11.8 Å². The zero-order valence-electron chi connectivity index (χ0n) is 11.6. The number of phenolic OH excluding ortho intramolecular Hbond substituents is 1. The highest BCUT2D eigenvalue weighted by atomic mass is 19.1. The van der Waals surface area contributed by atoms with Crippen LogP contribution in [-0.4, -0.2) is 11.1 Å². The molecule has 2 aromatic carbocycles. The summed E-state index contributed by atoms with van der Waals surface area (Å²) in [7, 11) is 0. The number of benzene rings is 2. The van der Waals surface area contributed by atoms with Crippen molar-refractivity contribution in [1.29, 1.82) is 0 Å². The van der Waals surface area contributed by atoms with Crippen molar-refractivity contribution in [2.75, 3.05) is 0 Å². The predicted octanol–water partition coefficient (Wildman–Crippen LogP) is 3.64. The van der Waals surface area contributed by atoms with Gasteiger partial charge in [-0.3, -0.25) is 0 Å². The molecule has 2 nitrogen and oxygen atoms in total. The molecule has 0 amide bonds. The van der Waals surface area contributed by atoms with Crippen LogP contribution in [0.4, 0.5) is 4.39 Å². The Kier molecular flexibility index (Phi) is 5.13. The summed E-state index contributed by atoms with van der Waals surface area (Å²) in [6.45, 7) is 2.89. The van der Waals surface area contributed by atoms with Crippen LogP contribution in [0.3, 0.4) is 0 Å². The SMILES string of the molecule is C[C@H](CCc1ccc(O)cc1)NCc1ccc(F)cc1. The minimum absolute atomic E-state index is 0.200. The Hall–Kier alpha value is -1.87. The van der Waals surface area contributed by atoms with Gasteiger partial charge in [0, 0.05) is 12.6 Å². The molecule has 2 rings (SSSR count). The molecule has 0 aliphatic carbocycles. The average molecular weight is 273 g/mol. The molecule has 0 aromatic heterocycles. The van der Waals surface area contributed by atoms with Gasteiger partial charge in [0.15, 0.2) is 0 Å². The number of nitrogens with one attached hydrogen (secondary N) is 1. The first-order valence-corrected chi connectivity index (χ1v) is 6.89. The first kappa shape index (κ1) is 14.5. The first-order valence-electron chi connectivity index (χ1n) is 6.89. The second kappa shape index (κ2) is 7.06. The summed E-state index contributed by atoms with van der Waals surface area (Å²) in [5.74, 6) is 0.102. The maximum absolute atomic E-state index is 12.8. The van der Waals surface area contributed by atoms with Gasteiger partial charge >= 0.3 is 0 Å². The lowest BCUT2D eigenvalue weighted by atomic mass is 10.1. The molecule has 1 atom stereocenters. The van der Waals surface area contributed by atoms with Crippen molar-refractivity contribution >= 4 is 0 Å². The highest BCUT2D eigenvalue weighted by molar-refractivity contribution is 5.26. The van der Waals surface area contributed by atoms with E-state index in [1.165, 1.54) is 17.7 Å². The fraction of sp³-hybridized carbons (Fsp3) is 0.294. The zero-order chi connectivity index (χ0) is 14.4. The number of phenols is 1. The summed E-state index contributed by atoms with van der Waals surface area (Å²) < 4.78 is 12.8. The van der Waals surface area contributed by atoms with Gasteiger partial charge in [-0.1, -0.05) is 24.3 Å². The van der Waals surface area contributed by atoms with Gasteiger partial charge in [0.1, 0.15) is 11.6 Å². The normalized spacial score (nSPS) is 12.3. The van der Waals surface area contributed by atoms with Crippen LogP contribution in [0.25, 0.3) is 0 Å². The largest absolute Gasteiger partial charge is 0.508 e. The number of hydrogen-bond donors (Lipinski definition) is 2. The number of aryl methyl sites for hydroxylation is 1. The van der Waals surface area contributed by atoms with E-state index < -0.39 is 0 Å². The van der Waals surface area contributed by atoms with Crippen LogP contribution in [0.5, 0.6) is 5.75 Å².